The van der Waals surface area contributed by atoms with Crippen molar-refractivity contribution in [1.82, 2.24) is 4.98 Å². The fraction of sp³-hybridized carbons (Fsp3) is 0.389. The van der Waals surface area contributed by atoms with Crippen LogP contribution in [0.25, 0.3) is 0 Å². The number of fused-ring (bicyclic) bond motifs is 1. The van der Waals surface area contributed by atoms with Gasteiger partial charge in [-0.2, -0.15) is 0 Å². The van der Waals surface area contributed by atoms with Crippen molar-refractivity contribution in [2.75, 3.05) is 6.61 Å². The predicted molar refractivity (Wildman–Crippen MR) is 91.2 cm³/mol. The van der Waals surface area contributed by atoms with Crippen LogP contribution in [0.4, 0.5) is 0 Å². The second-order valence-corrected chi connectivity index (χ2v) is 7.23. The highest BCUT2D eigenvalue weighted by Gasteiger charge is 2.23. The number of hydrogen-bond donors (Lipinski definition) is 1. The lowest BCUT2D eigenvalue weighted by Gasteiger charge is -2.03. The third kappa shape index (κ3) is 2.94. The van der Waals surface area contributed by atoms with Crippen LogP contribution in [-0.2, 0) is 17.6 Å². The van der Waals surface area contributed by atoms with Crippen molar-refractivity contribution in [3.63, 3.8) is 0 Å². The van der Waals surface area contributed by atoms with Gasteiger partial charge in [0.15, 0.2) is 12.4 Å². The molecule has 0 saturated carbocycles. The van der Waals surface area contributed by atoms with E-state index >= 15 is 0 Å². The number of esters is 1. The number of ketones is 2. The number of aromatic amines is 1. The van der Waals surface area contributed by atoms with Crippen LogP contribution < -0.4 is 0 Å². The van der Waals surface area contributed by atoms with Gasteiger partial charge in [0.25, 0.3) is 0 Å². The Morgan fingerprint density at radius 2 is 2.00 bits per heavy atom. The Kier molecular flexibility index (Phi) is 4.41. The van der Waals surface area contributed by atoms with Crippen LogP contribution in [0.15, 0.2) is 6.07 Å². The molecule has 1 aliphatic rings. The van der Waals surface area contributed by atoms with Gasteiger partial charge < -0.3 is 9.72 Å². The monoisotopic (exact) mass is 345 g/mol. The minimum Gasteiger partial charge on any atom is -0.453 e. The third-order valence-electron chi connectivity index (χ3n) is 4.35. The molecule has 0 fully saturated rings. The van der Waals surface area contributed by atoms with Crippen LogP contribution in [0.2, 0.25) is 0 Å². The van der Waals surface area contributed by atoms with Gasteiger partial charge in [-0.05, 0) is 57.2 Å². The molecule has 1 aliphatic carbocycles. The van der Waals surface area contributed by atoms with Crippen molar-refractivity contribution in [1.29, 1.82) is 0 Å². The van der Waals surface area contributed by atoms with Gasteiger partial charge >= 0.3 is 5.97 Å². The highest BCUT2D eigenvalue weighted by atomic mass is 32.1. The van der Waals surface area contributed by atoms with E-state index in [1.807, 2.05) is 6.07 Å². The van der Waals surface area contributed by atoms with Gasteiger partial charge in [-0.1, -0.05) is 0 Å². The summed E-state index contributed by atoms with van der Waals surface area (Å²) in [6.45, 7) is 4.60. The summed E-state index contributed by atoms with van der Waals surface area (Å²) in [4.78, 5) is 40.8. The molecule has 0 spiro atoms. The molecule has 3 rings (SSSR count). The minimum absolute atomic E-state index is 0.0922. The molecule has 0 radical (unpaired) electrons. The highest BCUT2D eigenvalue weighted by Crippen LogP contribution is 2.31. The maximum atomic E-state index is 12.3. The molecule has 0 amide bonds. The number of aromatic nitrogens is 1. The van der Waals surface area contributed by atoms with Crippen LogP contribution in [0, 0.1) is 13.8 Å². The Hall–Kier alpha value is -2.21. The number of hydrogen-bond acceptors (Lipinski definition) is 5. The normalized spacial score (nSPS) is 13.0. The van der Waals surface area contributed by atoms with Gasteiger partial charge in [0, 0.05) is 16.1 Å². The van der Waals surface area contributed by atoms with E-state index < -0.39 is 5.97 Å². The summed E-state index contributed by atoms with van der Waals surface area (Å²) < 4.78 is 5.16. The molecule has 24 heavy (non-hydrogen) atoms. The average molecular weight is 345 g/mol. The van der Waals surface area contributed by atoms with Crippen molar-refractivity contribution >= 4 is 28.9 Å². The summed E-state index contributed by atoms with van der Waals surface area (Å²) in [6, 6.07) is 1.87. The Morgan fingerprint density at radius 1 is 1.25 bits per heavy atom. The maximum Gasteiger partial charge on any atom is 0.348 e. The number of ether oxygens (including phenoxy) is 1. The van der Waals surface area contributed by atoms with Crippen LogP contribution in [0.5, 0.6) is 0 Å². The van der Waals surface area contributed by atoms with E-state index in [0.29, 0.717) is 27.4 Å². The van der Waals surface area contributed by atoms with Crippen LogP contribution in [0.3, 0.4) is 0 Å². The molecular weight excluding hydrogens is 326 g/mol. The lowest BCUT2D eigenvalue weighted by atomic mass is 10.1. The molecule has 5 nitrogen and oxygen atoms in total. The summed E-state index contributed by atoms with van der Waals surface area (Å²) in [7, 11) is 0. The Morgan fingerprint density at radius 3 is 2.62 bits per heavy atom. The zero-order valence-corrected chi connectivity index (χ0v) is 14.8. The van der Waals surface area contributed by atoms with E-state index in [1.54, 1.807) is 13.8 Å². The Labute approximate surface area is 144 Å². The predicted octanol–water partition coefficient (Wildman–Crippen LogP) is 3.42. The number of Topliss-reactive ketones (excluding diaryl/α,β-unsaturated/α-hetero) is 2. The molecule has 0 saturated heterocycles. The van der Waals surface area contributed by atoms with Crippen molar-refractivity contribution in [2.45, 2.75) is 40.0 Å². The van der Waals surface area contributed by atoms with Crippen molar-refractivity contribution in [3.05, 3.63) is 43.9 Å². The zero-order valence-electron chi connectivity index (χ0n) is 13.9. The lowest BCUT2D eigenvalue weighted by Crippen LogP contribution is -2.15. The number of carbonyl (C=O) groups excluding carboxylic acids is 3. The summed E-state index contributed by atoms with van der Waals surface area (Å²) >= 11 is 1.45. The third-order valence-corrected chi connectivity index (χ3v) is 5.57. The number of thiophene rings is 1. The van der Waals surface area contributed by atoms with Crippen molar-refractivity contribution in [3.8, 4) is 0 Å². The minimum atomic E-state index is -0.463. The Balaban J connectivity index is 1.68. The van der Waals surface area contributed by atoms with E-state index in [-0.39, 0.29) is 18.2 Å². The molecular formula is C18H19NO4S. The first-order valence-corrected chi connectivity index (χ1v) is 8.72. The standard InChI is InChI=1S/C18H19NO4S/c1-9-16(11(3)20)10(2)19-17(9)13(21)8-23-18(22)15-7-12-5-4-6-14(12)24-15/h7,19H,4-6,8H2,1-3H3. The number of H-pyrrole nitrogens is 1. The first-order chi connectivity index (χ1) is 11.4. The van der Waals surface area contributed by atoms with E-state index in [2.05, 4.69) is 4.98 Å². The largest absolute Gasteiger partial charge is 0.453 e. The molecule has 6 heteroatoms. The SMILES string of the molecule is CC(=O)c1c(C)[nH]c(C(=O)COC(=O)c2cc3c(s2)CCC3)c1C. The summed E-state index contributed by atoms with van der Waals surface area (Å²) in [5.74, 6) is -0.888. The fourth-order valence-corrected chi connectivity index (χ4v) is 4.41. The first kappa shape index (κ1) is 16.6. The second kappa shape index (κ2) is 6.36. The van der Waals surface area contributed by atoms with Gasteiger partial charge in [0.05, 0.1) is 5.69 Å². The molecule has 2 heterocycles. The molecule has 2 aromatic heterocycles. The van der Waals surface area contributed by atoms with Gasteiger partial charge in [-0.3, -0.25) is 9.59 Å². The topological polar surface area (TPSA) is 76.2 Å². The zero-order chi connectivity index (χ0) is 17.4. The summed E-state index contributed by atoms with van der Waals surface area (Å²) in [5.41, 5.74) is 3.35. The van der Waals surface area contributed by atoms with E-state index in [9.17, 15) is 14.4 Å². The van der Waals surface area contributed by atoms with E-state index in [4.69, 9.17) is 4.74 Å². The van der Waals surface area contributed by atoms with Gasteiger partial charge in [-0.25, -0.2) is 4.79 Å². The number of rotatable bonds is 5. The van der Waals surface area contributed by atoms with Crippen molar-refractivity contribution in [2.24, 2.45) is 0 Å². The Bertz CT molecular complexity index is 822. The quantitative estimate of drug-likeness (QED) is 0.665. The van der Waals surface area contributed by atoms with Gasteiger partial charge in [0.2, 0.25) is 5.78 Å². The average Bonchev–Trinajstić information content (AvgIpc) is 3.17. The molecule has 2 aromatic rings. The molecule has 126 valence electrons. The lowest BCUT2D eigenvalue weighted by molar-refractivity contribution is 0.0478. The molecule has 0 atom stereocenters. The number of nitrogens with one attached hydrogen (secondary N) is 1. The molecule has 0 unspecified atom stereocenters. The summed E-state index contributed by atoms with van der Waals surface area (Å²) in [5, 5.41) is 0. The smallest absolute Gasteiger partial charge is 0.348 e. The van der Waals surface area contributed by atoms with Crippen LogP contribution in [0.1, 0.15) is 65.6 Å². The maximum absolute atomic E-state index is 12.3. The fourth-order valence-electron chi connectivity index (χ4n) is 3.26. The second-order valence-electron chi connectivity index (χ2n) is 6.09. The summed E-state index contributed by atoms with van der Waals surface area (Å²) in [6.07, 6.45) is 3.16. The number of carbonyl (C=O) groups is 3. The molecule has 0 bridgehead atoms. The van der Waals surface area contributed by atoms with Gasteiger partial charge in [-0.15, -0.1) is 11.3 Å². The highest BCUT2D eigenvalue weighted by molar-refractivity contribution is 7.14. The van der Waals surface area contributed by atoms with Crippen LogP contribution >= 0.6 is 11.3 Å². The first-order valence-electron chi connectivity index (χ1n) is 7.90. The molecule has 0 aromatic carbocycles. The molecule has 1 N–H and O–H groups in total. The van der Waals surface area contributed by atoms with E-state index in [1.165, 1.54) is 28.7 Å². The van der Waals surface area contributed by atoms with E-state index in [0.717, 1.165) is 19.3 Å². The number of aryl methyl sites for hydroxylation is 3. The van der Waals surface area contributed by atoms with Gasteiger partial charge in [0.1, 0.15) is 4.88 Å². The molecule has 0 aliphatic heterocycles. The van der Waals surface area contributed by atoms with Crippen molar-refractivity contribution < 1.29 is 19.1 Å². The van der Waals surface area contributed by atoms with Crippen LogP contribution in [-0.4, -0.2) is 29.1 Å².